The highest BCUT2D eigenvalue weighted by atomic mass is 16.5. The maximum Gasteiger partial charge on any atom is 0.121 e. The summed E-state index contributed by atoms with van der Waals surface area (Å²) in [6.45, 7) is 10.3. The fourth-order valence-electron chi connectivity index (χ4n) is 2.64. The number of nitrogens with one attached hydrogen (secondary N) is 1. The summed E-state index contributed by atoms with van der Waals surface area (Å²) in [5.74, 6) is 0.777. The Kier molecular flexibility index (Phi) is 3.65. The lowest BCUT2D eigenvalue weighted by Crippen LogP contribution is -2.58. The van der Waals surface area contributed by atoms with Gasteiger partial charge in [0.2, 0.25) is 0 Å². The number of likely N-dealkylation sites (tertiary alicyclic amines) is 1. The van der Waals surface area contributed by atoms with Crippen LogP contribution in [0.2, 0.25) is 0 Å². The van der Waals surface area contributed by atoms with E-state index in [1.807, 2.05) is 0 Å². The molecule has 2 aliphatic rings. The van der Waals surface area contributed by atoms with E-state index in [9.17, 15) is 0 Å². The zero-order valence-corrected chi connectivity index (χ0v) is 10.1. The summed E-state index contributed by atoms with van der Waals surface area (Å²) in [7, 11) is 0. The van der Waals surface area contributed by atoms with Gasteiger partial charge in [-0.25, -0.2) is 0 Å². The highest BCUT2D eigenvalue weighted by molar-refractivity contribution is 4.87. The van der Waals surface area contributed by atoms with Crippen LogP contribution in [0.15, 0.2) is 0 Å². The van der Waals surface area contributed by atoms with Crippen LogP contribution < -0.4 is 5.32 Å². The third kappa shape index (κ3) is 2.92. The molecule has 3 heteroatoms. The minimum absolute atomic E-state index is 0.0335. The molecule has 88 valence electrons. The Hall–Kier alpha value is -0.120. The Morgan fingerprint density at radius 3 is 2.60 bits per heavy atom. The first kappa shape index (κ1) is 11.4. The van der Waals surface area contributed by atoms with Crippen molar-refractivity contribution in [2.45, 2.75) is 38.8 Å². The van der Waals surface area contributed by atoms with E-state index in [1.54, 1.807) is 0 Å². The molecule has 0 aromatic rings. The Labute approximate surface area is 93.2 Å². The molecule has 0 aromatic carbocycles. The van der Waals surface area contributed by atoms with Crippen LogP contribution in [0, 0.1) is 5.92 Å². The van der Waals surface area contributed by atoms with Crippen LogP contribution in [-0.4, -0.2) is 43.4 Å². The summed E-state index contributed by atoms with van der Waals surface area (Å²) in [6.07, 6.45) is 3.47. The van der Waals surface area contributed by atoms with Gasteiger partial charge >= 0.3 is 0 Å². The molecule has 0 saturated carbocycles. The van der Waals surface area contributed by atoms with Crippen molar-refractivity contribution in [3.05, 3.63) is 0 Å². The Morgan fingerprint density at radius 2 is 2.07 bits per heavy atom. The molecule has 0 aromatic heterocycles. The van der Waals surface area contributed by atoms with Crippen molar-refractivity contribution in [3.63, 3.8) is 0 Å². The average Bonchev–Trinajstić information content (AvgIpc) is 2.23. The summed E-state index contributed by atoms with van der Waals surface area (Å²) >= 11 is 0. The lowest BCUT2D eigenvalue weighted by Gasteiger charge is -2.44. The van der Waals surface area contributed by atoms with E-state index in [1.165, 1.54) is 19.6 Å². The van der Waals surface area contributed by atoms with E-state index in [4.69, 9.17) is 4.74 Å². The highest BCUT2D eigenvalue weighted by Crippen LogP contribution is 2.26. The number of rotatable bonds is 2. The molecule has 0 radical (unpaired) electrons. The van der Waals surface area contributed by atoms with Crippen molar-refractivity contribution in [3.8, 4) is 0 Å². The van der Waals surface area contributed by atoms with E-state index < -0.39 is 0 Å². The average molecular weight is 212 g/mol. The second-order valence-electron chi connectivity index (χ2n) is 5.32. The Morgan fingerprint density at radius 1 is 1.33 bits per heavy atom. The van der Waals surface area contributed by atoms with Crippen molar-refractivity contribution in [1.82, 2.24) is 10.2 Å². The molecule has 1 N–H and O–H groups in total. The molecule has 2 aliphatic heterocycles. The van der Waals surface area contributed by atoms with Gasteiger partial charge in [0.15, 0.2) is 0 Å². The van der Waals surface area contributed by atoms with Gasteiger partial charge in [-0.1, -0.05) is 13.8 Å². The molecule has 0 amide bonds. The number of hydrogen-bond acceptors (Lipinski definition) is 3. The number of nitrogens with zero attached hydrogens (tertiary/aromatic N) is 1. The molecule has 2 heterocycles. The third-order valence-corrected chi connectivity index (χ3v) is 3.43. The molecule has 0 aliphatic carbocycles. The quantitative estimate of drug-likeness (QED) is 0.749. The van der Waals surface area contributed by atoms with Gasteiger partial charge < -0.3 is 9.64 Å². The molecule has 2 saturated heterocycles. The van der Waals surface area contributed by atoms with Crippen molar-refractivity contribution in [1.29, 1.82) is 0 Å². The van der Waals surface area contributed by atoms with Crippen LogP contribution in [0.3, 0.4) is 0 Å². The summed E-state index contributed by atoms with van der Waals surface area (Å²) in [4.78, 5) is 2.57. The molecule has 0 bridgehead atoms. The molecule has 3 nitrogen and oxygen atoms in total. The van der Waals surface area contributed by atoms with Gasteiger partial charge in [-0.2, -0.15) is 0 Å². The van der Waals surface area contributed by atoms with E-state index in [2.05, 4.69) is 24.1 Å². The maximum absolute atomic E-state index is 5.92. The molecule has 0 atom stereocenters. The first-order valence-electron chi connectivity index (χ1n) is 6.32. The fourth-order valence-corrected chi connectivity index (χ4v) is 2.64. The predicted molar refractivity (Wildman–Crippen MR) is 61.8 cm³/mol. The van der Waals surface area contributed by atoms with Crippen LogP contribution in [-0.2, 0) is 4.74 Å². The second-order valence-corrected chi connectivity index (χ2v) is 5.32. The standard InChI is InChI=1S/C12H24N2O/c1-11(2)10-14-7-4-12(5-8-14)13-6-3-9-15-12/h11,13H,3-10H2,1-2H3. The van der Waals surface area contributed by atoms with Crippen LogP contribution in [0.4, 0.5) is 0 Å². The maximum atomic E-state index is 5.92. The van der Waals surface area contributed by atoms with Crippen LogP contribution in [0.1, 0.15) is 33.1 Å². The summed E-state index contributed by atoms with van der Waals surface area (Å²) in [5.41, 5.74) is 0.0335. The molecule has 0 unspecified atom stereocenters. The molecular weight excluding hydrogens is 188 g/mol. The van der Waals surface area contributed by atoms with E-state index in [0.29, 0.717) is 0 Å². The Bertz CT molecular complexity index is 190. The summed E-state index contributed by atoms with van der Waals surface area (Å²) in [5, 5.41) is 3.56. The van der Waals surface area contributed by atoms with Gasteiger partial charge in [0, 0.05) is 32.5 Å². The number of piperidine rings is 1. The molecule has 2 fully saturated rings. The van der Waals surface area contributed by atoms with Crippen molar-refractivity contribution < 1.29 is 4.74 Å². The molecule has 2 rings (SSSR count). The minimum Gasteiger partial charge on any atom is -0.360 e. The fraction of sp³-hybridized carbons (Fsp3) is 1.00. The van der Waals surface area contributed by atoms with Gasteiger partial charge in [0.25, 0.3) is 0 Å². The third-order valence-electron chi connectivity index (χ3n) is 3.43. The highest BCUT2D eigenvalue weighted by Gasteiger charge is 2.36. The van der Waals surface area contributed by atoms with Crippen LogP contribution in [0.25, 0.3) is 0 Å². The van der Waals surface area contributed by atoms with Crippen molar-refractivity contribution in [2.24, 2.45) is 5.92 Å². The lowest BCUT2D eigenvalue weighted by atomic mass is 9.98. The van der Waals surface area contributed by atoms with Crippen LogP contribution in [0.5, 0.6) is 0 Å². The Balaban J connectivity index is 1.80. The monoisotopic (exact) mass is 212 g/mol. The van der Waals surface area contributed by atoms with Crippen LogP contribution >= 0.6 is 0 Å². The smallest absolute Gasteiger partial charge is 0.121 e. The predicted octanol–water partition coefficient (Wildman–Crippen LogP) is 1.44. The van der Waals surface area contributed by atoms with Crippen molar-refractivity contribution in [2.75, 3.05) is 32.8 Å². The van der Waals surface area contributed by atoms with E-state index in [0.717, 1.165) is 38.3 Å². The second kappa shape index (κ2) is 4.81. The molecular formula is C12H24N2O. The molecule has 1 spiro atoms. The van der Waals surface area contributed by atoms with Gasteiger partial charge in [0.1, 0.15) is 5.72 Å². The topological polar surface area (TPSA) is 24.5 Å². The van der Waals surface area contributed by atoms with Gasteiger partial charge in [-0.15, -0.1) is 0 Å². The normalized spacial score (nSPS) is 27.4. The zero-order chi connectivity index (χ0) is 10.7. The summed E-state index contributed by atoms with van der Waals surface area (Å²) < 4.78 is 5.92. The summed E-state index contributed by atoms with van der Waals surface area (Å²) in [6, 6.07) is 0. The van der Waals surface area contributed by atoms with Gasteiger partial charge in [0.05, 0.1) is 6.61 Å². The largest absolute Gasteiger partial charge is 0.360 e. The van der Waals surface area contributed by atoms with Gasteiger partial charge in [-0.05, 0) is 18.9 Å². The molecule has 15 heavy (non-hydrogen) atoms. The first-order valence-corrected chi connectivity index (χ1v) is 6.32. The number of ether oxygens (including phenoxy) is 1. The van der Waals surface area contributed by atoms with E-state index >= 15 is 0 Å². The zero-order valence-electron chi connectivity index (χ0n) is 10.1. The first-order chi connectivity index (χ1) is 7.20. The van der Waals surface area contributed by atoms with Crippen molar-refractivity contribution >= 4 is 0 Å². The van der Waals surface area contributed by atoms with E-state index in [-0.39, 0.29) is 5.72 Å². The van der Waals surface area contributed by atoms with Gasteiger partial charge in [-0.3, -0.25) is 5.32 Å². The SMILES string of the molecule is CC(C)CN1CCC2(CC1)NCCCO2. The minimum atomic E-state index is 0.0335. The number of hydrogen-bond donors (Lipinski definition) is 1. The lowest BCUT2D eigenvalue weighted by molar-refractivity contribution is -0.127.